The van der Waals surface area contributed by atoms with Crippen molar-refractivity contribution in [3.8, 4) is 34.1 Å². The number of ether oxygens (including phenoxy) is 1. The second-order valence-electron chi connectivity index (χ2n) is 21.4. The van der Waals surface area contributed by atoms with Gasteiger partial charge in [0.15, 0.2) is 0 Å². The number of likely N-dealkylation sites (tertiary alicyclic amines) is 2. The lowest BCUT2D eigenvalue weighted by Gasteiger charge is -2.63. The minimum Gasteiger partial charge on any atom is -0.489 e. The third-order valence-corrected chi connectivity index (χ3v) is 17.4. The van der Waals surface area contributed by atoms with E-state index in [0.29, 0.717) is 59.1 Å². The SMILES string of the molecule is Cc1cc([C@H](C(=O)N2C[C@H](S(=O)(=O)F)C[C@H]2C(=O)N[C@@H](CC(=O)N2CCC(C#Cc3ccc(C(=O)NC4C(C)(C)C(Oc5ccc(C#N)c(Cl)c5)C4(C)C)cc3)CC2)c2ccc(-c3scnc3C)cc2)C(C)C)on1. The van der Waals surface area contributed by atoms with Crippen LogP contribution in [0.2, 0.25) is 5.02 Å². The monoisotopic (exact) mass is 1080 g/mol. The molecule has 2 saturated heterocycles. The summed E-state index contributed by atoms with van der Waals surface area (Å²) in [6, 6.07) is 20.7. The van der Waals surface area contributed by atoms with Crippen LogP contribution in [0.1, 0.15) is 123 Å². The number of aryl methyl sites for hydroxylation is 2. The summed E-state index contributed by atoms with van der Waals surface area (Å²) in [5.74, 6) is 4.38. The first-order valence-electron chi connectivity index (χ1n) is 25.0. The number of aromatic nitrogens is 2. The van der Waals surface area contributed by atoms with Crippen LogP contribution in [0, 0.1) is 59.7 Å². The number of piperidine rings is 1. The van der Waals surface area contributed by atoms with Crippen LogP contribution in [-0.2, 0) is 24.6 Å². The molecule has 2 N–H and O–H groups in total. The van der Waals surface area contributed by atoms with E-state index in [0.717, 1.165) is 26.6 Å². The smallest absolute Gasteiger partial charge is 0.307 e. The first kappa shape index (κ1) is 54.7. The van der Waals surface area contributed by atoms with Gasteiger partial charge in [0.2, 0.25) is 17.7 Å². The molecule has 2 aliphatic heterocycles. The lowest BCUT2D eigenvalue weighted by Crippen LogP contribution is -2.74. The zero-order valence-corrected chi connectivity index (χ0v) is 45.5. The van der Waals surface area contributed by atoms with Crippen LogP contribution in [-0.4, -0.2) is 95.1 Å². The van der Waals surface area contributed by atoms with Gasteiger partial charge < -0.3 is 29.7 Å². The number of thiazole rings is 1. The lowest BCUT2D eigenvalue weighted by molar-refractivity contribution is -0.164. The van der Waals surface area contributed by atoms with Gasteiger partial charge in [-0.2, -0.15) is 13.7 Å². The minimum absolute atomic E-state index is 0.00465. The van der Waals surface area contributed by atoms with Crippen LogP contribution in [0.5, 0.6) is 5.75 Å². The van der Waals surface area contributed by atoms with Gasteiger partial charge in [0.1, 0.15) is 40.9 Å². The van der Waals surface area contributed by atoms with Crippen LogP contribution in [0.25, 0.3) is 10.4 Å². The van der Waals surface area contributed by atoms with Crippen molar-refractivity contribution in [2.24, 2.45) is 22.7 Å². The number of hydrogen-bond donors (Lipinski definition) is 2. The molecule has 0 bridgehead atoms. The molecule has 4 atom stereocenters. The molecule has 15 nitrogen and oxygen atoms in total. The quantitative estimate of drug-likeness (QED) is 0.0793. The fourth-order valence-corrected chi connectivity index (χ4v) is 13.0. The Balaban J connectivity index is 0.908. The van der Waals surface area contributed by atoms with Gasteiger partial charge in [-0.05, 0) is 86.6 Å². The highest BCUT2D eigenvalue weighted by molar-refractivity contribution is 7.87. The number of halogens is 2. The maximum atomic E-state index is 14.7. The highest BCUT2D eigenvalue weighted by Gasteiger charge is 2.64. The predicted octanol–water partition coefficient (Wildman–Crippen LogP) is 9.10. The van der Waals surface area contributed by atoms with Crippen molar-refractivity contribution in [2.75, 3.05) is 19.6 Å². The molecule has 1 saturated carbocycles. The number of carbonyl (C=O) groups is 4. The zero-order chi connectivity index (χ0) is 54.1. The maximum absolute atomic E-state index is 14.7. The molecular weight excluding hydrogens is 1020 g/mol. The molecule has 75 heavy (non-hydrogen) atoms. The van der Waals surface area contributed by atoms with Crippen molar-refractivity contribution in [1.29, 1.82) is 5.26 Å². The van der Waals surface area contributed by atoms with Gasteiger partial charge in [-0.15, -0.1) is 15.2 Å². The van der Waals surface area contributed by atoms with Crippen molar-refractivity contribution in [3.05, 3.63) is 123 Å². The summed E-state index contributed by atoms with van der Waals surface area (Å²) >= 11 is 7.75. The fourth-order valence-electron chi connectivity index (χ4n) is 11.2. The molecule has 3 aliphatic rings. The van der Waals surface area contributed by atoms with Gasteiger partial charge in [0, 0.05) is 65.7 Å². The zero-order valence-electron chi connectivity index (χ0n) is 43.1. The minimum atomic E-state index is -5.15. The number of benzene rings is 3. The number of hydrogen-bond acceptors (Lipinski definition) is 12. The van der Waals surface area contributed by atoms with Gasteiger partial charge in [0.25, 0.3) is 5.91 Å². The molecule has 4 amide bonds. The molecule has 1 aliphatic carbocycles. The highest BCUT2D eigenvalue weighted by atomic mass is 35.5. The topological polar surface area (TPSA) is 205 Å². The normalized spacial score (nSPS) is 21.0. The molecular formula is C56H61ClFN7O8S2. The van der Waals surface area contributed by atoms with E-state index >= 15 is 0 Å². The Morgan fingerprint density at radius 2 is 1.67 bits per heavy atom. The van der Waals surface area contributed by atoms with Gasteiger partial charge in [-0.25, -0.2) is 4.98 Å². The third kappa shape index (κ3) is 11.8. The van der Waals surface area contributed by atoms with E-state index in [9.17, 15) is 36.7 Å². The molecule has 19 heteroatoms. The number of amides is 4. The number of nitriles is 1. The largest absolute Gasteiger partial charge is 0.489 e. The van der Waals surface area contributed by atoms with E-state index in [4.69, 9.17) is 20.9 Å². The average Bonchev–Trinajstić information content (AvgIpc) is 4.15. The predicted molar refractivity (Wildman–Crippen MR) is 283 cm³/mol. The standard InChI is InChI=1S/C56H61ClFN7O8S2/c1-32(2)48(46-25-33(3)63-73-46)52(69)65-30-42(75(58,70)71)27-45(65)51(68)61-44(37-15-17-38(18-16-37)49-34(4)60-31-74-49)28-47(66)64-23-21-36(22-24-64)10-9-35-11-13-39(14-12-35)50(67)62-53-55(5,6)54(56(53,7)8)72-41-20-19-40(29-59)43(57)26-41/h11-20,25-26,31-32,36,42,44-45,48,53-54H,21-24,27-28,30H2,1-8H3,(H,61,68)(H,62,67)/t42-,44+,45+,48-,53?,54?/m1/s1. The van der Waals surface area contributed by atoms with E-state index in [1.54, 1.807) is 67.6 Å². The lowest BCUT2D eigenvalue weighted by atomic mass is 9.49. The summed E-state index contributed by atoms with van der Waals surface area (Å²) in [6.45, 7) is 15.7. The van der Waals surface area contributed by atoms with Gasteiger partial charge in [-0.3, -0.25) is 19.2 Å². The van der Waals surface area contributed by atoms with Crippen molar-refractivity contribution in [2.45, 2.75) is 116 Å². The Labute approximate surface area is 446 Å². The second kappa shape index (κ2) is 21.9. The molecule has 3 fully saturated rings. The van der Waals surface area contributed by atoms with Crippen LogP contribution in [0.3, 0.4) is 0 Å². The summed E-state index contributed by atoms with van der Waals surface area (Å²) in [5.41, 5.74) is 5.40. The molecule has 0 spiro atoms. The first-order chi connectivity index (χ1) is 35.5. The molecule has 0 radical (unpaired) electrons. The summed E-state index contributed by atoms with van der Waals surface area (Å²) in [7, 11) is -5.15. The van der Waals surface area contributed by atoms with Crippen molar-refractivity contribution in [3.63, 3.8) is 0 Å². The van der Waals surface area contributed by atoms with Crippen LogP contribution >= 0.6 is 22.9 Å². The van der Waals surface area contributed by atoms with E-state index in [1.807, 2.05) is 71.0 Å². The Morgan fingerprint density at radius 1 is 0.987 bits per heavy atom. The van der Waals surface area contributed by atoms with E-state index in [-0.39, 0.29) is 48.0 Å². The molecule has 2 aromatic heterocycles. The fraction of sp³-hybridized carbons (Fsp3) is 0.446. The van der Waals surface area contributed by atoms with Gasteiger partial charge in [0.05, 0.1) is 44.8 Å². The summed E-state index contributed by atoms with van der Waals surface area (Å²) in [5, 5.41) is 18.1. The van der Waals surface area contributed by atoms with E-state index < -0.39 is 69.1 Å². The molecule has 3 aromatic carbocycles. The summed E-state index contributed by atoms with van der Waals surface area (Å²) in [6.07, 6.45) is 0.357. The highest BCUT2D eigenvalue weighted by Crippen LogP contribution is 2.55. The number of nitrogens with zero attached hydrogens (tertiary/aromatic N) is 5. The Hall–Kier alpha value is -6.60. The molecule has 4 heterocycles. The average molecular weight is 1080 g/mol. The van der Waals surface area contributed by atoms with E-state index in [1.165, 1.54) is 11.3 Å². The molecule has 5 aromatic rings. The van der Waals surface area contributed by atoms with E-state index in [2.05, 4.69) is 38.7 Å². The summed E-state index contributed by atoms with van der Waals surface area (Å²) < 4.78 is 51.2. The van der Waals surface area contributed by atoms with Gasteiger partial charge in [-0.1, -0.05) is 94.4 Å². The van der Waals surface area contributed by atoms with Crippen LogP contribution in [0.4, 0.5) is 3.89 Å². The maximum Gasteiger partial charge on any atom is 0.307 e. The Kier molecular flexibility index (Phi) is 16.0. The third-order valence-electron chi connectivity index (χ3n) is 15.0. The number of nitrogens with one attached hydrogen (secondary N) is 2. The van der Waals surface area contributed by atoms with Gasteiger partial charge >= 0.3 is 10.2 Å². The van der Waals surface area contributed by atoms with Crippen molar-refractivity contribution < 1.29 is 40.7 Å². The molecule has 8 rings (SSSR count). The Morgan fingerprint density at radius 3 is 2.24 bits per heavy atom. The van der Waals surface area contributed by atoms with Crippen molar-refractivity contribution >= 4 is 56.8 Å². The first-order valence-corrected chi connectivity index (χ1v) is 27.7. The number of carbonyl (C=O) groups excluding carboxylic acids is 4. The second-order valence-corrected chi connectivity index (χ2v) is 24.3. The Bertz CT molecular complexity index is 3170. The van der Waals surface area contributed by atoms with Crippen LogP contribution < -0.4 is 15.4 Å². The van der Waals surface area contributed by atoms with Crippen molar-refractivity contribution in [1.82, 2.24) is 30.6 Å². The molecule has 0 unspecified atom stereocenters. The van der Waals surface area contributed by atoms with Crippen LogP contribution in [0.15, 0.2) is 82.8 Å². The number of rotatable bonds is 14. The summed E-state index contributed by atoms with van der Waals surface area (Å²) in [4.78, 5) is 64.7. The molecule has 394 valence electrons.